The van der Waals surface area contributed by atoms with Crippen LogP contribution in [-0.4, -0.2) is 53.8 Å². The van der Waals surface area contributed by atoms with Gasteiger partial charge in [0.1, 0.15) is 5.60 Å². The van der Waals surface area contributed by atoms with Crippen LogP contribution in [0, 0.1) is 0 Å². The minimum Gasteiger partial charge on any atom is -0.443 e. The summed E-state index contributed by atoms with van der Waals surface area (Å²) in [6.07, 6.45) is 1.29. The molecule has 1 spiro atoms. The zero-order chi connectivity index (χ0) is 19.1. The van der Waals surface area contributed by atoms with Crippen LogP contribution in [0.3, 0.4) is 0 Å². The average Bonchev–Trinajstić information content (AvgIpc) is 3.05. The molecule has 8 nitrogen and oxygen atoms in total. The average molecular weight is 390 g/mol. The van der Waals surface area contributed by atoms with Gasteiger partial charge in [-0.1, -0.05) is 30.3 Å². The van der Waals surface area contributed by atoms with Crippen LogP contribution in [0.4, 0.5) is 4.79 Å². The highest BCUT2D eigenvalue weighted by molar-refractivity contribution is 7.89. The zero-order valence-electron chi connectivity index (χ0n) is 15.1. The highest BCUT2D eigenvalue weighted by atomic mass is 32.2. The molecule has 1 aromatic carbocycles. The van der Waals surface area contributed by atoms with E-state index in [1.165, 1.54) is 8.99 Å². The maximum absolute atomic E-state index is 13.1. The Morgan fingerprint density at radius 2 is 1.85 bits per heavy atom. The van der Waals surface area contributed by atoms with Crippen LogP contribution in [0.15, 0.2) is 41.4 Å². The molecule has 0 radical (unpaired) electrons. The van der Waals surface area contributed by atoms with E-state index in [-0.39, 0.29) is 5.03 Å². The van der Waals surface area contributed by atoms with E-state index in [1.807, 2.05) is 30.3 Å². The number of piperidine rings is 1. The zero-order valence-corrected chi connectivity index (χ0v) is 15.9. The smallest absolute Gasteiger partial charge is 0.407 e. The van der Waals surface area contributed by atoms with Crippen LogP contribution in [0.5, 0.6) is 0 Å². The fourth-order valence-corrected chi connectivity index (χ4v) is 5.30. The number of aryl methyl sites for hydroxylation is 1. The second kappa shape index (κ2) is 6.65. The molecule has 0 bridgehead atoms. The summed E-state index contributed by atoms with van der Waals surface area (Å²) >= 11 is 0. The molecule has 4 rings (SSSR count). The van der Waals surface area contributed by atoms with Crippen LogP contribution >= 0.6 is 0 Å². The van der Waals surface area contributed by atoms with Crippen molar-refractivity contribution in [2.75, 3.05) is 19.6 Å². The Hall–Kier alpha value is -2.39. The first-order valence-corrected chi connectivity index (χ1v) is 10.4. The number of alkyl carbamates (subject to hydrolysis) is 1. The predicted molar refractivity (Wildman–Crippen MR) is 98.5 cm³/mol. The van der Waals surface area contributed by atoms with Gasteiger partial charge in [-0.15, -0.1) is 0 Å². The van der Waals surface area contributed by atoms with Crippen molar-refractivity contribution in [1.29, 1.82) is 0 Å². The Morgan fingerprint density at radius 3 is 2.52 bits per heavy atom. The van der Waals surface area contributed by atoms with Crippen molar-refractivity contribution in [2.24, 2.45) is 7.05 Å². The van der Waals surface area contributed by atoms with E-state index in [2.05, 4.69) is 10.4 Å². The van der Waals surface area contributed by atoms with E-state index in [0.29, 0.717) is 44.6 Å². The largest absolute Gasteiger partial charge is 0.443 e. The fraction of sp³-hybridized carbons (Fsp3) is 0.444. The van der Waals surface area contributed by atoms with Gasteiger partial charge in [-0.05, 0) is 0 Å². The van der Waals surface area contributed by atoms with Crippen LogP contribution in [0.1, 0.15) is 19.3 Å². The van der Waals surface area contributed by atoms with Gasteiger partial charge >= 0.3 is 6.09 Å². The molecule has 2 aliphatic heterocycles. The maximum Gasteiger partial charge on any atom is 0.407 e. The monoisotopic (exact) mass is 390 g/mol. The Bertz CT molecular complexity index is 947. The van der Waals surface area contributed by atoms with Crippen molar-refractivity contribution in [3.63, 3.8) is 0 Å². The molecule has 2 fully saturated rings. The molecule has 2 aliphatic rings. The van der Waals surface area contributed by atoms with Gasteiger partial charge in [-0.2, -0.15) is 9.40 Å². The lowest BCUT2D eigenvalue weighted by molar-refractivity contribution is -0.0435. The molecular formula is C18H22N4O4S. The number of amides is 1. The highest BCUT2D eigenvalue weighted by Gasteiger charge is 2.43. The highest BCUT2D eigenvalue weighted by Crippen LogP contribution is 2.34. The molecule has 0 unspecified atom stereocenters. The summed E-state index contributed by atoms with van der Waals surface area (Å²) in [7, 11) is -2.03. The Labute approximate surface area is 158 Å². The van der Waals surface area contributed by atoms with Crippen LogP contribution in [0.2, 0.25) is 0 Å². The third-order valence-corrected chi connectivity index (χ3v) is 7.26. The van der Waals surface area contributed by atoms with Crippen molar-refractivity contribution in [3.8, 4) is 11.3 Å². The summed E-state index contributed by atoms with van der Waals surface area (Å²) in [5, 5.41) is 7.18. The normalized spacial score (nSPS) is 20.3. The molecule has 2 aromatic rings. The second-order valence-corrected chi connectivity index (χ2v) is 8.90. The quantitative estimate of drug-likeness (QED) is 0.862. The summed E-state index contributed by atoms with van der Waals surface area (Å²) in [4.78, 5) is 11.5. The SMILES string of the molecule is Cn1nc(-c2ccccc2)cc1S(=O)(=O)N1CCC2(CCNC(=O)O2)CC1. The number of benzene rings is 1. The van der Waals surface area contributed by atoms with Gasteiger partial charge in [0.2, 0.25) is 0 Å². The molecule has 0 aliphatic carbocycles. The van der Waals surface area contributed by atoms with Crippen molar-refractivity contribution >= 4 is 16.1 Å². The van der Waals surface area contributed by atoms with Gasteiger partial charge in [0.25, 0.3) is 10.0 Å². The molecule has 9 heteroatoms. The Kier molecular flexibility index (Phi) is 4.43. The third kappa shape index (κ3) is 3.32. The number of ether oxygens (including phenoxy) is 1. The first kappa shape index (κ1) is 18.0. The predicted octanol–water partition coefficient (Wildman–Crippen LogP) is 1.74. The van der Waals surface area contributed by atoms with Crippen molar-refractivity contribution in [1.82, 2.24) is 19.4 Å². The number of aromatic nitrogens is 2. The number of nitrogens with zero attached hydrogens (tertiary/aromatic N) is 3. The molecule has 0 atom stereocenters. The van der Waals surface area contributed by atoms with E-state index in [4.69, 9.17) is 4.74 Å². The summed E-state index contributed by atoms with van der Waals surface area (Å²) in [6.45, 7) is 1.21. The van der Waals surface area contributed by atoms with Crippen LogP contribution in [0.25, 0.3) is 11.3 Å². The molecule has 1 amide bonds. The van der Waals surface area contributed by atoms with E-state index in [9.17, 15) is 13.2 Å². The molecular weight excluding hydrogens is 368 g/mol. The van der Waals surface area contributed by atoms with Crippen molar-refractivity contribution in [3.05, 3.63) is 36.4 Å². The van der Waals surface area contributed by atoms with Crippen LogP contribution < -0.4 is 5.32 Å². The van der Waals surface area contributed by atoms with Crippen molar-refractivity contribution in [2.45, 2.75) is 29.9 Å². The van der Waals surface area contributed by atoms with Gasteiger partial charge in [-0.3, -0.25) is 4.68 Å². The van der Waals surface area contributed by atoms with E-state index in [0.717, 1.165) is 5.56 Å². The first-order chi connectivity index (χ1) is 12.9. The minimum absolute atomic E-state index is 0.166. The van der Waals surface area contributed by atoms with Crippen molar-refractivity contribution < 1.29 is 17.9 Å². The standard InChI is InChI=1S/C18H22N4O4S/c1-21-16(13-15(20-21)14-5-3-2-4-6-14)27(24,25)22-11-8-18(9-12-22)7-10-19-17(23)26-18/h2-6,13H,7-12H2,1H3,(H,19,23). The number of nitrogens with one attached hydrogen (secondary N) is 1. The van der Waals surface area contributed by atoms with Gasteiger partial charge < -0.3 is 10.1 Å². The number of rotatable bonds is 3. The lowest BCUT2D eigenvalue weighted by Crippen LogP contribution is -2.54. The summed E-state index contributed by atoms with van der Waals surface area (Å²) in [5.74, 6) is 0. The summed E-state index contributed by atoms with van der Waals surface area (Å²) in [6, 6.07) is 11.1. The Balaban J connectivity index is 1.54. The summed E-state index contributed by atoms with van der Waals surface area (Å²) in [5.41, 5.74) is 0.946. The lowest BCUT2D eigenvalue weighted by atomic mass is 9.88. The molecule has 1 N–H and O–H groups in total. The first-order valence-electron chi connectivity index (χ1n) is 8.96. The number of carbonyl (C=O) groups excluding carboxylic acids is 1. The van der Waals surface area contributed by atoms with E-state index >= 15 is 0 Å². The molecule has 1 aromatic heterocycles. The molecule has 27 heavy (non-hydrogen) atoms. The molecule has 2 saturated heterocycles. The fourth-order valence-electron chi connectivity index (χ4n) is 3.74. The van der Waals surface area contributed by atoms with Gasteiger partial charge in [-0.25, -0.2) is 13.2 Å². The molecule has 144 valence electrons. The van der Waals surface area contributed by atoms with Gasteiger partial charge in [0, 0.05) is 57.6 Å². The molecule has 0 saturated carbocycles. The second-order valence-electron chi connectivity index (χ2n) is 7.01. The number of carbonyl (C=O) groups is 1. The lowest BCUT2D eigenvalue weighted by Gasteiger charge is -2.42. The summed E-state index contributed by atoms with van der Waals surface area (Å²) < 4.78 is 34.6. The van der Waals surface area contributed by atoms with E-state index in [1.54, 1.807) is 13.1 Å². The van der Waals surface area contributed by atoms with Crippen LogP contribution in [-0.2, 0) is 21.8 Å². The third-order valence-electron chi connectivity index (χ3n) is 5.30. The number of hydrogen-bond donors (Lipinski definition) is 1. The van der Waals surface area contributed by atoms with Gasteiger partial charge in [0.05, 0.1) is 5.69 Å². The van der Waals surface area contributed by atoms with E-state index < -0.39 is 21.7 Å². The Morgan fingerprint density at radius 1 is 1.15 bits per heavy atom. The minimum atomic E-state index is -3.67. The van der Waals surface area contributed by atoms with Gasteiger partial charge in [0.15, 0.2) is 5.03 Å². The number of hydrogen-bond acceptors (Lipinski definition) is 5. The maximum atomic E-state index is 13.1. The number of sulfonamides is 1. The molecule has 3 heterocycles. The topological polar surface area (TPSA) is 93.5 Å².